The van der Waals surface area contributed by atoms with E-state index in [0.29, 0.717) is 25.9 Å². The van der Waals surface area contributed by atoms with Crippen LogP contribution in [0.1, 0.15) is 50.7 Å². The first-order valence-corrected chi connectivity index (χ1v) is 7.44. The van der Waals surface area contributed by atoms with E-state index in [9.17, 15) is 10.1 Å². The lowest BCUT2D eigenvalue weighted by Gasteiger charge is -2.29. The number of nitrogens with zero attached hydrogens (tertiary/aromatic N) is 2. The number of carbonyl (C=O) groups is 1. The highest BCUT2D eigenvalue weighted by Crippen LogP contribution is 2.34. The number of fused-ring (bicyclic) bond motifs is 1. The molecule has 0 aliphatic carbocycles. The predicted octanol–water partition coefficient (Wildman–Crippen LogP) is 3.64. The Balaban J connectivity index is 2.20. The van der Waals surface area contributed by atoms with Gasteiger partial charge in [-0.15, -0.1) is 0 Å². The van der Waals surface area contributed by atoms with Gasteiger partial charge in [-0.05, 0) is 24.0 Å². The molecule has 1 heterocycles. The van der Waals surface area contributed by atoms with Crippen LogP contribution in [0.3, 0.4) is 0 Å². The molecule has 0 unspecified atom stereocenters. The Morgan fingerprint density at radius 3 is 2.10 bits per heavy atom. The van der Waals surface area contributed by atoms with Gasteiger partial charge in [0.25, 0.3) is 0 Å². The highest BCUT2D eigenvalue weighted by atomic mass is 16.2. The minimum atomic E-state index is -0.828. The molecule has 0 aromatic heterocycles. The lowest BCUT2D eigenvalue weighted by atomic mass is 9.79. The molecule has 0 saturated heterocycles. The topological polar surface area (TPSA) is 44.1 Å². The van der Waals surface area contributed by atoms with Crippen molar-refractivity contribution in [3.63, 3.8) is 0 Å². The second kappa shape index (κ2) is 6.09. The second-order valence-electron chi connectivity index (χ2n) is 5.62. The number of nitriles is 1. The number of hydrogen-bond donors (Lipinski definition) is 0. The first kappa shape index (κ1) is 14.6. The molecule has 0 atom stereocenters. The van der Waals surface area contributed by atoms with Gasteiger partial charge in [0.15, 0.2) is 0 Å². The summed E-state index contributed by atoms with van der Waals surface area (Å²) in [5.74, 6) is 0.0138. The van der Waals surface area contributed by atoms with Gasteiger partial charge in [0.05, 0.1) is 6.07 Å². The first-order chi connectivity index (χ1) is 9.66. The van der Waals surface area contributed by atoms with Crippen LogP contribution in [0.4, 0.5) is 0 Å². The molecule has 1 aromatic rings. The Labute approximate surface area is 121 Å². The van der Waals surface area contributed by atoms with E-state index in [1.165, 1.54) is 11.1 Å². The van der Waals surface area contributed by atoms with E-state index >= 15 is 0 Å². The molecule has 3 nitrogen and oxygen atoms in total. The molecule has 0 radical (unpaired) electrons. The minimum Gasteiger partial charge on any atom is -0.333 e. The van der Waals surface area contributed by atoms with Gasteiger partial charge in [0.1, 0.15) is 5.41 Å². The summed E-state index contributed by atoms with van der Waals surface area (Å²) in [6.45, 7) is 5.36. The van der Waals surface area contributed by atoms with Crippen LogP contribution in [-0.4, -0.2) is 10.8 Å². The molecule has 20 heavy (non-hydrogen) atoms. The van der Waals surface area contributed by atoms with E-state index in [2.05, 4.69) is 18.2 Å². The van der Waals surface area contributed by atoms with Crippen molar-refractivity contribution in [2.24, 2.45) is 5.41 Å². The van der Waals surface area contributed by atoms with Gasteiger partial charge in [0.2, 0.25) is 5.91 Å². The van der Waals surface area contributed by atoms with E-state index in [0.717, 1.165) is 12.8 Å². The summed E-state index contributed by atoms with van der Waals surface area (Å²) >= 11 is 0. The maximum Gasteiger partial charge on any atom is 0.243 e. The van der Waals surface area contributed by atoms with Crippen LogP contribution in [0, 0.1) is 16.7 Å². The van der Waals surface area contributed by atoms with Crippen molar-refractivity contribution in [2.45, 2.75) is 52.6 Å². The van der Waals surface area contributed by atoms with Crippen molar-refractivity contribution in [1.29, 1.82) is 5.26 Å². The summed E-state index contributed by atoms with van der Waals surface area (Å²) in [5.41, 5.74) is 1.59. The largest absolute Gasteiger partial charge is 0.333 e. The summed E-state index contributed by atoms with van der Waals surface area (Å²) in [5, 5.41) is 9.59. The molecule has 1 aliphatic heterocycles. The van der Waals surface area contributed by atoms with Crippen LogP contribution in [0.2, 0.25) is 0 Å². The fourth-order valence-electron chi connectivity index (χ4n) is 3.13. The van der Waals surface area contributed by atoms with Gasteiger partial charge in [-0.3, -0.25) is 4.79 Å². The molecule has 0 fully saturated rings. The van der Waals surface area contributed by atoms with Gasteiger partial charge in [-0.1, -0.05) is 51.0 Å². The summed E-state index contributed by atoms with van der Waals surface area (Å²) in [4.78, 5) is 14.7. The lowest BCUT2D eigenvalue weighted by Crippen LogP contribution is -2.40. The van der Waals surface area contributed by atoms with Gasteiger partial charge in [0, 0.05) is 13.1 Å². The maximum atomic E-state index is 12.9. The Morgan fingerprint density at radius 1 is 1.20 bits per heavy atom. The van der Waals surface area contributed by atoms with Crippen LogP contribution < -0.4 is 0 Å². The number of rotatable bonds is 5. The zero-order valence-electron chi connectivity index (χ0n) is 12.4. The molecule has 0 saturated carbocycles. The minimum absolute atomic E-state index is 0.0138. The van der Waals surface area contributed by atoms with E-state index in [1.54, 1.807) is 0 Å². The van der Waals surface area contributed by atoms with E-state index < -0.39 is 5.41 Å². The van der Waals surface area contributed by atoms with Crippen molar-refractivity contribution >= 4 is 5.91 Å². The van der Waals surface area contributed by atoms with E-state index in [-0.39, 0.29) is 5.91 Å². The molecule has 0 N–H and O–H groups in total. The van der Waals surface area contributed by atoms with Crippen LogP contribution in [0.25, 0.3) is 0 Å². The van der Waals surface area contributed by atoms with Gasteiger partial charge < -0.3 is 4.90 Å². The third-order valence-electron chi connectivity index (χ3n) is 4.10. The zero-order valence-corrected chi connectivity index (χ0v) is 12.4. The second-order valence-corrected chi connectivity index (χ2v) is 5.62. The quantitative estimate of drug-likeness (QED) is 0.820. The van der Waals surface area contributed by atoms with E-state index in [4.69, 9.17) is 0 Å². The molecule has 106 valence electrons. The fourth-order valence-corrected chi connectivity index (χ4v) is 3.13. The molecule has 1 amide bonds. The Morgan fingerprint density at radius 2 is 1.70 bits per heavy atom. The Kier molecular flexibility index (Phi) is 4.44. The fraction of sp³-hybridized carbons (Fsp3) is 0.529. The Hall–Kier alpha value is -1.82. The van der Waals surface area contributed by atoms with Crippen molar-refractivity contribution in [1.82, 2.24) is 4.90 Å². The van der Waals surface area contributed by atoms with Gasteiger partial charge in [-0.25, -0.2) is 0 Å². The molecule has 1 aromatic carbocycles. The first-order valence-electron chi connectivity index (χ1n) is 7.44. The standard InChI is InChI=1S/C17H22N2O/c1-3-9-17(13-18,10-4-2)16(20)19-11-14-7-5-6-8-15(14)12-19/h5-8H,3-4,9-12H2,1-2H3. The van der Waals surface area contributed by atoms with Gasteiger partial charge in [-0.2, -0.15) is 5.26 Å². The average molecular weight is 270 g/mol. The summed E-state index contributed by atoms with van der Waals surface area (Å²) in [7, 11) is 0. The highest BCUT2D eigenvalue weighted by Gasteiger charge is 2.41. The lowest BCUT2D eigenvalue weighted by molar-refractivity contribution is -0.140. The van der Waals surface area contributed by atoms with Crippen molar-refractivity contribution in [3.8, 4) is 6.07 Å². The zero-order chi connectivity index (χ0) is 14.6. The summed E-state index contributed by atoms with van der Waals surface area (Å²) < 4.78 is 0. The summed E-state index contributed by atoms with van der Waals surface area (Å²) in [6.07, 6.45) is 3.03. The molecule has 3 heteroatoms. The third-order valence-corrected chi connectivity index (χ3v) is 4.10. The SMILES string of the molecule is CCCC(C#N)(CCC)C(=O)N1Cc2ccccc2C1. The normalized spacial score (nSPS) is 13.9. The van der Waals surface area contributed by atoms with Crippen molar-refractivity contribution in [3.05, 3.63) is 35.4 Å². The Bertz CT molecular complexity index is 499. The van der Waals surface area contributed by atoms with Crippen LogP contribution in [-0.2, 0) is 17.9 Å². The molecular weight excluding hydrogens is 248 g/mol. The third kappa shape index (κ3) is 2.56. The molecule has 0 bridgehead atoms. The van der Waals surface area contributed by atoms with Gasteiger partial charge >= 0.3 is 0 Å². The smallest absolute Gasteiger partial charge is 0.243 e. The monoisotopic (exact) mass is 270 g/mol. The maximum absolute atomic E-state index is 12.9. The predicted molar refractivity (Wildman–Crippen MR) is 78.6 cm³/mol. The van der Waals surface area contributed by atoms with Crippen molar-refractivity contribution < 1.29 is 4.79 Å². The number of carbonyl (C=O) groups excluding carboxylic acids is 1. The molecule has 2 rings (SSSR count). The highest BCUT2D eigenvalue weighted by molar-refractivity contribution is 5.86. The van der Waals surface area contributed by atoms with Crippen molar-refractivity contribution in [2.75, 3.05) is 0 Å². The average Bonchev–Trinajstić information content (AvgIpc) is 2.90. The van der Waals surface area contributed by atoms with Crippen LogP contribution in [0.5, 0.6) is 0 Å². The number of amides is 1. The number of hydrogen-bond acceptors (Lipinski definition) is 2. The van der Waals surface area contributed by atoms with E-state index in [1.807, 2.05) is 30.9 Å². The molecule has 0 spiro atoms. The van der Waals surface area contributed by atoms with Crippen LogP contribution in [0.15, 0.2) is 24.3 Å². The molecule has 1 aliphatic rings. The van der Waals surface area contributed by atoms with Crippen LogP contribution >= 0.6 is 0 Å². The number of benzene rings is 1. The summed E-state index contributed by atoms with van der Waals surface area (Å²) in [6, 6.07) is 10.5. The molecular formula is C17H22N2O.